The Kier molecular flexibility index (Phi) is 3.90. The van der Waals surface area contributed by atoms with Gasteiger partial charge in [-0.2, -0.15) is 0 Å². The lowest BCUT2D eigenvalue weighted by Crippen LogP contribution is -2.38. The van der Waals surface area contributed by atoms with Gasteiger partial charge in [0.15, 0.2) is 10.8 Å². The number of carbonyl (C=O) groups is 1. The topological polar surface area (TPSA) is 51.2 Å². The maximum atomic E-state index is 11.3. The molecule has 0 bridgehead atoms. The smallest absolute Gasteiger partial charge is 0.357 e. The van der Waals surface area contributed by atoms with E-state index in [1.165, 1.54) is 44.1 Å². The Morgan fingerprint density at radius 3 is 3.00 bits per heavy atom. The lowest BCUT2D eigenvalue weighted by atomic mass is 9.73. The predicted octanol–water partition coefficient (Wildman–Crippen LogP) is 3.31. The number of hydrogen-bond acceptors (Lipinski definition) is 5. The SMILES string of the molecule is COC(=O)c1csc(NC2CCCCC2(C)C)n1. The minimum Gasteiger partial charge on any atom is -0.464 e. The Bertz CT molecular complexity index is 428. The first-order valence-electron chi connectivity index (χ1n) is 6.33. The number of aromatic nitrogens is 1. The Hall–Kier alpha value is -1.10. The van der Waals surface area contributed by atoms with Gasteiger partial charge in [0.05, 0.1) is 7.11 Å². The number of nitrogens with one attached hydrogen (secondary N) is 1. The highest BCUT2D eigenvalue weighted by Crippen LogP contribution is 2.37. The van der Waals surface area contributed by atoms with E-state index in [1.54, 1.807) is 5.38 Å². The van der Waals surface area contributed by atoms with E-state index in [9.17, 15) is 4.79 Å². The van der Waals surface area contributed by atoms with Crippen LogP contribution in [0.15, 0.2) is 5.38 Å². The molecule has 5 heteroatoms. The molecule has 0 aliphatic heterocycles. The average molecular weight is 268 g/mol. The van der Waals surface area contributed by atoms with Gasteiger partial charge in [0.25, 0.3) is 0 Å². The molecule has 100 valence electrons. The summed E-state index contributed by atoms with van der Waals surface area (Å²) in [5.41, 5.74) is 0.675. The van der Waals surface area contributed by atoms with E-state index in [4.69, 9.17) is 0 Å². The molecule has 1 fully saturated rings. The molecule has 0 saturated heterocycles. The molecular weight excluding hydrogens is 248 g/mol. The first-order chi connectivity index (χ1) is 8.53. The van der Waals surface area contributed by atoms with Crippen LogP contribution in [0.25, 0.3) is 0 Å². The minimum absolute atomic E-state index is 0.287. The van der Waals surface area contributed by atoms with Crippen molar-refractivity contribution in [2.75, 3.05) is 12.4 Å². The van der Waals surface area contributed by atoms with Crippen LogP contribution in [-0.2, 0) is 4.74 Å². The molecule has 1 aromatic heterocycles. The third kappa shape index (κ3) is 2.83. The Balaban J connectivity index is 2.04. The van der Waals surface area contributed by atoms with Gasteiger partial charge in [0.1, 0.15) is 0 Å². The largest absolute Gasteiger partial charge is 0.464 e. The fourth-order valence-corrected chi connectivity index (χ4v) is 3.18. The van der Waals surface area contributed by atoms with Crippen LogP contribution in [0.4, 0.5) is 5.13 Å². The maximum Gasteiger partial charge on any atom is 0.357 e. The van der Waals surface area contributed by atoms with Crippen LogP contribution >= 0.6 is 11.3 Å². The molecular formula is C13H20N2O2S. The van der Waals surface area contributed by atoms with Gasteiger partial charge in [-0.1, -0.05) is 26.7 Å². The van der Waals surface area contributed by atoms with E-state index < -0.39 is 0 Å². The van der Waals surface area contributed by atoms with Crippen LogP contribution in [0, 0.1) is 5.41 Å². The molecule has 1 aliphatic rings. The Labute approximate surface area is 112 Å². The normalized spacial score (nSPS) is 22.5. The molecule has 0 spiro atoms. The van der Waals surface area contributed by atoms with Crippen LogP contribution in [0.3, 0.4) is 0 Å². The standard InChI is InChI=1S/C13H20N2O2S/c1-13(2)7-5-4-6-10(13)15-12-14-9(8-18-12)11(16)17-3/h8,10H,4-7H2,1-3H3,(H,14,15). The minimum atomic E-state index is -0.373. The van der Waals surface area contributed by atoms with Crippen molar-refractivity contribution in [3.63, 3.8) is 0 Å². The van der Waals surface area contributed by atoms with Gasteiger partial charge in [-0.05, 0) is 18.3 Å². The van der Waals surface area contributed by atoms with Gasteiger partial charge in [-0.25, -0.2) is 9.78 Å². The van der Waals surface area contributed by atoms with Crippen LogP contribution < -0.4 is 5.32 Å². The highest BCUT2D eigenvalue weighted by Gasteiger charge is 2.32. The lowest BCUT2D eigenvalue weighted by molar-refractivity contribution is 0.0595. The van der Waals surface area contributed by atoms with Crippen molar-refractivity contribution in [2.45, 2.75) is 45.6 Å². The Morgan fingerprint density at radius 1 is 1.56 bits per heavy atom. The van der Waals surface area contributed by atoms with E-state index in [2.05, 4.69) is 28.9 Å². The number of esters is 1. The Morgan fingerprint density at radius 2 is 2.33 bits per heavy atom. The zero-order valence-electron chi connectivity index (χ0n) is 11.2. The molecule has 0 amide bonds. The van der Waals surface area contributed by atoms with E-state index in [0.717, 1.165) is 5.13 Å². The quantitative estimate of drug-likeness (QED) is 0.854. The molecule has 1 unspecified atom stereocenters. The van der Waals surface area contributed by atoms with Crippen molar-refractivity contribution >= 4 is 22.4 Å². The van der Waals surface area contributed by atoms with E-state index in [-0.39, 0.29) is 11.4 Å². The number of anilines is 1. The lowest BCUT2D eigenvalue weighted by Gasteiger charge is -2.38. The summed E-state index contributed by atoms with van der Waals surface area (Å²) in [7, 11) is 1.37. The van der Waals surface area contributed by atoms with E-state index >= 15 is 0 Å². The highest BCUT2D eigenvalue weighted by molar-refractivity contribution is 7.13. The third-order valence-corrected chi connectivity index (χ3v) is 4.48. The molecule has 0 radical (unpaired) electrons. The van der Waals surface area contributed by atoms with Gasteiger partial charge < -0.3 is 10.1 Å². The highest BCUT2D eigenvalue weighted by atomic mass is 32.1. The van der Waals surface area contributed by atoms with Gasteiger partial charge in [0, 0.05) is 11.4 Å². The van der Waals surface area contributed by atoms with Crippen molar-refractivity contribution < 1.29 is 9.53 Å². The number of methoxy groups -OCH3 is 1. The van der Waals surface area contributed by atoms with Crippen molar-refractivity contribution in [3.05, 3.63) is 11.1 Å². The number of hydrogen-bond donors (Lipinski definition) is 1. The first kappa shape index (κ1) is 13.3. The second-order valence-electron chi connectivity index (χ2n) is 5.46. The van der Waals surface area contributed by atoms with Gasteiger partial charge >= 0.3 is 5.97 Å². The number of thiazole rings is 1. The second kappa shape index (κ2) is 5.26. The third-order valence-electron chi connectivity index (χ3n) is 3.70. The second-order valence-corrected chi connectivity index (χ2v) is 6.32. The molecule has 1 N–H and O–H groups in total. The molecule has 18 heavy (non-hydrogen) atoms. The zero-order valence-corrected chi connectivity index (χ0v) is 12.0. The predicted molar refractivity (Wildman–Crippen MR) is 73.1 cm³/mol. The summed E-state index contributed by atoms with van der Waals surface area (Å²) in [4.78, 5) is 15.6. The van der Waals surface area contributed by atoms with Gasteiger partial charge in [0.2, 0.25) is 0 Å². The first-order valence-corrected chi connectivity index (χ1v) is 7.21. The van der Waals surface area contributed by atoms with E-state index in [0.29, 0.717) is 11.7 Å². The summed E-state index contributed by atoms with van der Waals surface area (Å²) in [6, 6.07) is 0.433. The molecule has 1 aliphatic carbocycles. The summed E-state index contributed by atoms with van der Waals surface area (Å²) < 4.78 is 4.66. The van der Waals surface area contributed by atoms with Crippen molar-refractivity contribution in [2.24, 2.45) is 5.41 Å². The average Bonchev–Trinajstić information content (AvgIpc) is 2.79. The summed E-state index contributed by atoms with van der Waals surface area (Å²) in [6.07, 6.45) is 4.97. The monoisotopic (exact) mass is 268 g/mol. The van der Waals surface area contributed by atoms with Crippen LogP contribution in [0.2, 0.25) is 0 Å². The van der Waals surface area contributed by atoms with Crippen molar-refractivity contribution in [1.82, 2.24) is 4.98 Å². The number of carbonyl (C=O) groups excluding carboxylic acids is 1. The van der Waals surface area contributed by atoms with Crippen LogP contribution in [0.1, 0.15) is 50.0 Å². The van der Waals surface area contributed by atoms with Gasteiger partial charge in [-0.3, -0.25) is 0 Å². The zero-order chi connectivity index (χ0) is 13.2. The molecule has 0 aromatic carbocycles. The number of nitrogens with zero attached hydrogens (tertiary/aromatic N) is 1. The summed E-state index contributed by atoms with van der Waals surface area (Å²) in [5, 5.41) is 6.03. The number of ether oxygens (including phenoxy) is 1. The van der Waals surface area contributed by atoms with Crippen LogP contribution in [0.5, 0.6) is 0 Å². The summed E-state index contributed by atoms with van der Waals surface area (Å²) in [5.74, 6) is -0.373. The summed E-state index contributed by atoms with van der Waals surface area (Å²) in [6.45, 7) is 4.58. The van der Waals surface area contributed by atoms with Crippen molar-refractivity contribution in [3.8, 4) is 0 Å². The van der Waals surface area contributed by atoms with Crippen LogP contribution in [-0.4, -0.2) is 24.1 Å². The van der Waals surface area contributed by atoms with E-state index in [1.807, 2.05) is 0 Å². The van der Waals surface area contributed by atoms with Crippen molar-refractivity contribution in [1.29, 1.82) is 0 Å². The molecule has 2 rings (SSSR count). The fourth-order valence-electron chi connectivity index (χ4n) is 2.45. The molecule has 1 saturated carbocycles. The molecule has 1 heterocycles. The summed E-state index contributed by atoms with van der Waals surface area (Å²) >= 11 is 1.46. The molecule has 4 nitrogen and oxygen atoms in total. The number of rotatable bonds is 3. The molecule has 1 aromatic rings. The van der Waals surface area contributed by atoms with Gasteiger partial charge in [-0.15, -0.1) is 11.3 Å². The maximum absolute atomic E-state index is 11.3. The fraction of sp³-hybridized carbons (Fsp3) is 0.692. The molecule has 1 atom stereocenters.